The number of hydrogen-bond donors (Lipinski definition) is 1. The minimum Gasteiger partial charge on any atom is -0.858 e. The number of hydrogen-bond acceptors (Lipinski definition) is 5. The maximum atomic E-state index is 13.2. The Bertz CT molecular complexity index is 2040. The standard InChI is InChI=1S/C40H40N4O2/c41-23-25-9-11-26(12-10-25)24-42-40(45)28-15-13-27(14-16-28)35-33-21-29-5-1-17-43-19-3-7-31(36(29)43)38(33)46-39-32-8-4-20-44-18-2-6-30(37(32)44)22-34(35)39/h9-16,21-22H,1-8,17-20,23-24,41H2. The molecule has 5 aliphatic rings. The van der Waals surface area contributed by atoms with Gasteiger partial charge >= 0.3 is 0 Å². The minimum absolute atomic E-state index is 0.190. The van der Waals surface area contributed by atoms with Crippen LogP contribution < -0.4 is 35.6 Å². The van der Waals surface area contributed by atoms with Gasteiger partial charge in [0.15, 0.2) is 0 Å². The molecule has 6 nitrogen and oxygen atoms in total. The summed E-state index contributed by atoms with van der Waals surface area (Å²) in [6, 6.07) is 21.0. The van der Waals surface area contributed by atoms with Gasteiger partial charge < -0.3 is 20.5 Å². The average Bonchev–Trinajstić information content (AvgIpc) is 3.11. The van der Waals surface area contributed by atoms with E-state index in [-0.39, 0.29) is 5.90 Å². The normalized spacial score (nSPS) is 17.9. The van der Waals surface area contributed by atoms with E-state index in [2.05, 4.69) is 38.7 Å². The van der Waals surface area contributed by atoms with E-state index in [1.165, 1.54) is 62.5 Å². The molecule has 0 fully saturated rings. The van der Waals surface area contributed by atoms with Gasteiger partial charge in [0.1, 0.15) is 24.6 Å². The summed E-state index contributed by atoms with van der Waals surface area (Å²) in [7, 11) is 0. The van der Waals surface area contributed by atoms with Crippen molar-refractivity contribution >= 4 is 17.2 Å². The van der Waals surface area contributed by atoms with E-state index < -0.39 is 0 Å². The molecule has 4 aromatic carbocycles. The first-order valence-electron chi connectivity index (χ1n) is 17.2. The van der Waals surface area contributed by atoms with Gasteiger partial charge in [0, 0.05) is 65.6 Å². The highest BCUT2D eigenvalue weighted by Crippen LogP contribution is 2.48. The van der Waals surface area contributed by atoms with Gasteiger partial charge in [-0.1, -0.05) is 48.5 Å². The van der Waals surface area contributed by atoms with Crippen LogP contribution in [0.1, 0.15) is 75.8 Å². The van der Waals surface area contributed by atoms with Crippen LogP contribution in [-0.2, 0) is 38.8 Å². The van der Waals surface area contributed by atoms with E-state index >= 15 is 0 Å². The average molecular weight is 609 g/mol. The number of anilines is 1. The number of fused-ring (bicyclic) bond motifs is 4. The molecule has 4 aromatic rings. The summed E-state index contributed by atoms with van der Waals surface area (Å²) in [4.78, 5) is 7.00. The van der Waals surface area contributed by atoms with Gasteiger partial charge in [0.25, 0.3) is 0 Å². The third-order valence-electron chi connectivity index (χ3n) is 10.8. The molecule has 0 bridgehead atoms. The second-order valence-corrected chi connectivity index (χ2v) is 13.6. The third-order valence-corrected chi connectivity index (χ3v) is 10.8. The predicted octanol–water partition coefficient (Wildman–Crippen LogP) is 3.89. The quantitative estimate of drug-likeness (QED) is 0.187. The van der Waals surface area contributed by atoms with Crippen molar-refractivity contribution in [3.05, 3.63) is 121 Å². The van der Waals surface area contributed by atoms with Crippen LogP contribution in [-0.4, -0.2) is 32.1 Å². The molecule has 0 saturated heterocycles. The topological polar surface area (TPSA) is 76.9 Å². The number of nitrogens with zero attached hydrogens (tertiary/aromatic N) is 3. The Balaban J connectivity index is 1.20. The summed E-state index contributed by atoms with van der Waals surface area (Å²) in [5.74, 6) is 1.94. The van der Waals surface area contributed by atoms with Crippen molar-refractivity contribution in [2.24, 2.45) is 10.7 Å². The first-order chi connectivity index (χ1) is 22.7. The molecule has 2 N–H and O–H groups in total. The lowest BCUT2D eigenvalue weighted by Gasteiger charge is -2.39. The fourth-order valence-corrected chi connectivity index (χ4v) is 8.64. The molecule has 5 aliphatic heterocycles. The minimum atomic E-state index is -0.190. The van der Waals surface area contributed by atoms with Crippen molar-refractivity contribution in [3.63, 3.8) is 0 Å². The number of rotatable bonds is 5. The van der Waals surface area contributed by atoms with Gasteiger partial charge in [0.2, 0.25) is 5.36 Å². The Kier molecular flexibility index (Phi) is 6.74. The molecule has 0 saturated carbocycles. The van der Waals surface area contributed by atoms with Crippen molar-refractivity contribution in [2.45, 2.75) is 64.5 Å². The van der Waals surface area contributed by atoms with E-state index in [1.807, 2.05) is 36.4 Å². The second-order valence-electron chi connectivity index (χ2n) is 13.6. The fourth-order valence-electron chi connectivity index (χ4n) is 8.64. The number of ether oxygens (including phenoxy) is 1. The van der Waals surface area contributed by atoms with Crippen LogP contribution in [0.2, 0.25) is 0 Å². The number of aliphatic imine (C=N–C) groups is 1. The van der Waals surface area contributed by atoms with Crippen LogP contribution in [0.5, 0.6) is 11.5 Å². The van der Waals surface area contributed by atoms with Crippen molar-refractivity contribution in [1.82, 2.24) is 4.58 Å². The van der Waals surface area contributed by atoms with Crippen molar-refractivity contribution < 1.29 is 9.84 Å². The maximum Gasteiger partial charge on any atom is 0.210 e. The molecule has 9 rings (SSSR count). The van der Waals surface area contributed by atoms with Gasteiger partial charge in [-0.25, -0.2) is 4.58 Å². The first kappa shape index (κ1) is 27.9. The summed E-state index contributed by atoms with van der Waals surface area (Å²) in [5.41, 5.74) is 19.2. The fraction of sp³-hybridized carbons (Fsp3) is 0.350. The smallest absolute Gasteiger partial charge is 0.210 e. The highest BCUT2D eigenvalue weighted by molar-refractivity contribution is 5.93. The predicted molar refractivity (Wildman–Crippen MR) is 181 cm³/mol. The van der Waals surface area contributed by atoms with E-state index in [1.54, 1.807) is 0 Å². The second kappa shape index (κ2) is 11.1. The molecule has 0 aromatic heterocycles. The highest BCUT2D eigenvalue weighted by atomic mass is 16.5. The number of benzene rings is 4. The molecule has 0 atom stereocenters. The Morgan fingerprint density at radius 2 is 1.52 bits per heavy atom. The molecular formula is C40H40N4O2. The largest absolute Gasteiger partial charge is 0.858 e. The van der Waals surface area contributed by atoms with Crippen LogP contribution in [0.4, 0.5) is 5.69 Å². The van der Waals surface area contributed by atoms with E-state index in [0.717, 1.165) is 92.9 Å². The lowest BCUT2D eigenvalue weighted by Crippen LogP contribution is -2.45. The summed E-state index contributed by atoms with van der Waals surface area (Å²) in [6.07, 6.45) is 9.06. The zero-order chi connectivity index (χ0) is 30.8. The zero-order valence-corrected chi connectivity index (χ0v) is 26.4. The molecule has 46 heavy (non-hydrogen) atoms. The first-order valence-corrected chi connectivity index (χ1v) is 17.2. The van der Waals surface area contributed by atoms with E-state index in [0.29, 0.717) is 18.7 Å². The number of nitrogens with two attached hydrogens (primary N) is 1. The molecule has 0 spiro atoms. The zero-order valence-electron chi connectivity index (χ0n) is 26.4. The van der Waals surface area contributed by atoms with E-state index in [4.69, 9.17) is 10.5 Å². The van der Waals surface area contributed by atoms with Crippen LogP contribution in [0, 0.1) is 0 Å². The monoisotopic (exact) mass is 608 g/mol. The molecule has 6 heteroatoms. The van der Waals surface area contributed by atoms with Gasteiger partial charge in [-0.15, -0.1) is 0 Å². The number of aryl methyl sites for hydroxylation is 2. The lowest BCUT2D eigenvalue weighted by molar-refractivity contribution is -0.213. The third kappa shape index (κ3) is 4.49. The molecule has 0 radical (unpaired) electrons. The summed E-state index contributed by atoms with van der Waals surface area (Å²) >= 11 is 0. The Labute approximate surface area is 270 Å². The summed E-state index contributed by atoms with van der Waals surface area (Å²) in [6.45, 7) is 5.42. The molecule has 5 heterocycles. The Morgan fingerprint density at radius 1 is 0.804 bits per heavy atom. The molecule has 0 aliphatic carbocycles. The van der Waals surface area contributed by atoms with Crippen molar-refractivity contribution in [3.8, 4) is 11.5 Å². The van der Waals surface area contributed by atoms with Crippen LogP contribution in [0.25, 0.3) is 5.57 Å². The molecule has 0 unspecified atom stereocenters. The SMILES string of the molecule is NCc1ccc(CN=C([O-])c2ccc(C3=c4cc5c6c(c4Oc4c3cc3c7c4CCCN7CCC3)CCC[N+]=6CCC5)cc2)cc1. The summed E-state index contributed by atoms with van der Waals surface area (Å²) in [5, 5.41) is 15.8. The van der Waals surface area contributed by atoms with Gasteiger partial charge in [0.05, 0.1) is 12.1 Å². The van der Waals surface area contributed by atoms with Crippen LogP contribution >= 0.6 is 0 Å². The van der Waals surface area contributed by atoms with Crippen molar-refractivity contribution in [2.75, 3.05) is 31.1 Å². The Morgan fingerprint density at radius 3 is 2.33 bits per heavy atom. The highest BCUT2D eigenvalue weighted by Gasteiger charge is 2.35. The van der Waals surface area contributed by atoms with Crippen molar-refractivity contribution in [1.29, 1.82) is 0 Å². The molecule has 0 amide bonds. The van der Waals surface area contributed by atoms with E-state index in [9.17, 15) is 5.11 Å². The maximum absolute atomic E-state index is 13.2. The Hall–Kier alpha value is -4.42. The van der Waals surface area contributed by atoms with Crippen LogP contribution in [0.3, 0.4) is 0 Å². The molecular weight excluding hydrogens is 568 g/mol. The summed E-state index contributed by atoms with van der Waals surface area (Å²) < 4.78 is 9.77. The van der Waals surface area contributed by atoms with Crippen LogP contribution in [0.15, 0.2) is 65.7 Å². The van der Waals surface area contributed by atoms with Gasteiger partial charge in [-0.2, -0.15) is 0 Å². The molecule has 232 valence electrons. The lowest BCUT2D eigenvalue weighted by atomic mass is 9.82. The van der Waals surface area contributed by atoms with Gasteiger partial charge in [-0.3, -0.25) is 4.99 Å². The van der Waals surface area contributed by atoms with Gasteiger partial charge in [-0.05, 0) is 84.4 Å².